The van der Waals surface area contributed by atoms with Crippen molar-refractivity contribution in [3.8, 4) is 17.2 Å². The normalized spacial score (nSPS) is 42.5. The van der Waals surface area contributed by atoms with E-state index in [0.717, 1.165) is 7.11 Å². The number of carbonyl (C=O) groups is 2. The third-order valence-corrected chi connectivity index (χ3v) is 15.6. The van der Waals surface area contributed by atoms with Gasteiger partial charge >= 0.3 is 0 Å². The van der Waals surface area contributed by atoms with Crippen molar-refractivity contribution in [3.05, 3.63) is 28.8 Å². The van der Waals surface area contributed by atoms with Crippen molar-refractivity contribution in [1.82, 2.24) is 0 Å². The largest absolute Gasteiger partial charge is 0.507 e. The van der Waals surface area contributed by atoms with Gasteiger partial charge in [-0.25, -0.2) is 0 Å². The molecule has 2 aromatic carbocycles. The molecule has 0 bridgehead atoms. The fraction of sp³-hybridized carbons (Fsp3) is 0.765. The van der Waals surface area contributed by atoms with Gasteiger partial charge in [-0.2, -0.15) is 0 Å². The Bertz CT molecular complexity index is 2360. The van der Waals surface area contributed by atoms with Gasteiger partial charge in [0.25, 0.3) is 0 Å². The lowest BCUT2D eigenvalue weighted by atomic mass is 9.75. The number of phenols is 2. The Kier molecular flexibility index (Phi) is 18.1. The number of benzene rings is 2. The maximum atomic E-state index is 15.0. The summed E-state index contributed by atoms with van der Waals surface area (Å²) >= 11 is 0. The van der Waals surface area contributed by atoms with Crippen LogP contribution < -0.4 is 4.74 Å². The Morgan fingerprint density at radius 1 is 0.697 bits per heavy atom. The number of Topliss-reactive ketones (excluding diaryl/α,β-unsaturated/α-hetero) is 2. The summed E-state index contributed by atoms with van der Waals surface area (Å²) < 4.78 is 65.5. The first-order valence-corrected chi connectivity index (χ1v) is 25.7. The molecule has 0 spiro atoms. The molecule has 6 aliphatic rings. The third-order valence-electron chi connectivity index (χ3n) is 15.6. The van der Waals surface area contributed by atoms with E-state index in [2.05, 4.69) is 0 Å². The Morgan fingerprint density at radius 2 is 1.22 bits per heavy atom. The standard InChI is InChI=1S/C51H74O25/c1-17-27(71-32-13-28(41(57)20(4)68-32)72-31-12-26(53)40(56)19(3)67-31)11-24-9-23-10-25(47(66-8)46(62)39(55)18(2)52)48(45(61)37(23)44(60)36(24)38(17)54)75-34-15-30(43(59)50(64)76-34)73-33-14-29(42(58)21(5)69-33)74-35-16-51(7,65)49(63)22(6)70-35/h9,11,18-22,25-26,28-35,39-43,47-50,52-60,63-65H,10,12-16H2,1-8H3/t18-,19-,20-,21-,22-,25+,26-,28-,29-,30-,31+,32+,33+,34-,35+,39+,40-,41+,42-,43+,47+,48+,49-,50+,51+/m1/s1. The van der Waals surface area contributed by atoms with Crippen LogP contribution in [0.5, 0.6) is 17.2 Å². The molecule has 8 rings (SSSR count). The first kappa shape index (κ1) is 58.8. The van der Waals surface area contributed by atoms with Gasteiger partial charge in [0, 0.05) is 50.7 Å². The predicted octanol–water partition coefficient (Wildman–Crippen LogP) is -1.32. The second kappa shape index (κ2) is 23.4. The Labute approximate surface area is 437 Å². The van der Waals surface area contributed by atoms with Gasteiger partial charge in [-0.1, -0.05) is 0 Å². The molecule has 1 aliphatic carbocycles. The van der Waals surface area contributed by atoms with Crippen LogP contribution in [-0.2, 0) is 58.6 Å². The van der Waals surface area contributed by atoms with Crippen molar-refractivity contribution in [2.45, 2.75) is 234 Å². The summed E-state index contributed by atoms with van der Waals surface area (Å²) in [5.41, 5.74) is -1.64. The van der Waals surface area contributed by atoms with Crippen LogP contribution in [0.3, 0.4) is 0 Å². The van der Waals surface area contributed by atoms with Gasteiger partial charge in [-0.15, -0.1) is 0 Å². The van der Waals surface area contributed by atoms with E-state index in [9.17, 15) is 70.9 Å². The molecule has 25 atom stereocenters. The molecule has 5 heterocycles. The summed E-state index contributed by atoms with van der Waals surface area (Å²) in [6, 6.07) is 2.96. The number of carbonyl (C=O) groups excluding carboxylic acids is 2. The summed E-state index contributed by atoms with van der Waals surface area (Å²) in [6.07, 6.45) is -30.0. The highest BCUT2D eigenvalue weighted by Gasteiger charge is 2.52. The Hall–Kier alpha value is -3.36. The van der Waals surface area contributed by atoms with Crippen LogP contribution in [-0.4, -0.2) is 227 Å². The number of rotatable bonds is 15. The fourth-order valence-electron chi connectivity index (χ4n) is 11.1. The molecule has 2 aromatic rings. The summed E-state index contributed by atoms with van der Waals surface area (Å²) in [6.45, 7) is 10.4. The second-order valence-corrected chi connectivity index (χ2v) is 21.4. The summed E-state index contributed by atoms with van der Waals surface area (Å²) in [4.78, 5) is 28.8. The van der Waals surface area contributed by atoms with Crippen molar-refractivity contribution < 1.29 is 123 Å². The minimum atomic E-state index is -1.99. The zero-order chi connectivity index (χ0) is 55.6. The molecule has 25 heteroatoms. The van der Waals surface area contributed by atoms with Crippen LogP contribution >= 0.6 is 0 Å². The SMILES string of the molecule is CO[C@H](C(=O)[C@@H](O)[C@@H](C)O)[C@@H]1Cc2cc3cc(O[C@H]4C[C@@H](O[C@H]5C[C@@H](O)[C@H](O)[C@@H](C)O5)[C@@H](O)[C@@H](C)O4)c(C)c(O)c3c(O)c2C(=O)[C@H]1O[C@H]1C[C@@H](O[C@H]2C[C@@H](O[C@H]3C[C@](C)(O)[C@H](O)[C@@H](C)O3)[C@H](O)[C@@H](C)O2)[C@H](O)[C@@H](O)O1. The molecule has 428 valence electrons. The number of aliphatic hydroxyl groups is 10. The summed E-state index contributed by atoms with van der Waals surface area (Å²) in [7, 11) is 1.14. The lowest BCUT2D eigenvalue weighted by Gasteiger charge is -2.46. The van der Waals surface area contributed by atoms with E-state index in [1.807, 2.05) is 0 Å². The minimum absolute atomic E-state index is 0.0521. The molecule has 0 aromatic heterocycles. The van der Waals surface area contributed by atoms with E-state index < -0.39 is 183 Å². The first-order chi connectivity index (χ1) is 35.7. The van der Waals surface area contributed by atoms with E-state index in [0.29, 0.717) is 0 Å². The van der Waals surface area contributed by atoms with Crippen LogP contribution in [0.15, 0.2) is 12.1 Å². The van der Waals surface area contributed by atoms with Gasteiger partial charge in [0.05, 0.1) is 71.5 Å². The van der Waals surface area contributed by atoms with E-state index in [-0.39, 0.29) is 65.3 Å². The molecule has 0 amide bonds. The molecular weight excluding hydrogens is 1010 g/mol. The molecule has 5 fully saturated rings. The molecule has 12 N–H and O–H groups in total. The predicted molar refractivity (Wildman–Crippen MR) is 255 cm³/mol. The number of aliphatic hydroxyl groups excluding tert-OH is 9. The Morgan fingerprint density at radius 3 is 1.80 bits per heavy atom. The summed E-state index contributed by atoms with van der Waals surface area (Å²) in [5.74, 6) is -4.39. The monoisotopic (exact) mass is 1090 g/mol. The lowest BCUT2D eigenvalue weighted by Crippen LogP contribution is -2.58. The molecule has 0 unspecified atom stereocenters. The number of ketones is 2. The van der Waals surface area contributed by atoms with Gasteiger partial charge < -0.3 is 113 Å². The number of fused-ring (bicyclic) bond motifs is 2. The van der Waals surface area contributed by atoms with Gasteiger partial charge in [0.15, 0.2) is 43.0 Å². The molecule has 0 saturated carbocycles. The van der Waals surface area contributed by atoms with Crippen molar-refractivity contribution in [2.24, 2.45) is 5.92 Å². The second-order valence-electron chi connectivity index (χ2n) is 21.4. The number of aromatic hydroxyl groups is 2. The van der Waals surface area contributed by atoms with E-state index in [4.69, 9.17) is 52.1 Å². The number of methoxy groups -OCH3 is 1. The quantitative estimate of drug-likeness (QED) is 0.0984. The van der Waals surface area contributed by atoms with Crippen LogP contribution in [0.1, 0.15) is 95.1 Å². The van der Waals surface area contributed by atoms with E-state index in [1.165, 1.54) is 32.9 Å². The van der Waals surface area contributed by atoms with Crippen LogP contribution in [0.4, 0.5) is 0 Å². The van der Waals surface area contributed by atoms with E-state index in [1.54, 1.807) is 27.7 Å². The number of hydrogen-bond acceptors (Lipinski definition) is 25. The third kappa shape index (κ3) is 11.9. The lowest BCUT2D eigenvalue weighted by molar-refractivity contribution is -0.351. The highest BCUT2D eigenvalue weighted by molar-refractivity contribution is 6.11. The maximum Gasteiger partial charge on any atom is 0.202 e. The smallest absolute Gasteiger partial charge is 0.202 e. The zero-order valence-corrected chi connectivity index (χ0v) is 43.4. The number of phenolic OH excluding ortho intramolecular Hbond substituents is 2. The first-order valence-electron chi connectivity index (χ1n) is 25.7. The van der Waals surface area contributed by atoms with Crippen molar-refractivity contribution in [1.29, 1.82) is 0 Å². The summed E-state index contributed by atoms with van der Waals surface area (Å²) in [5, 5.41) is 131. The van der Waals surface area contributed by atoms with Crippen molar-refractivity contribution >= 4 is 22.3 Å². The molecule has 0 radical (unpaired) electrons. The number of hydrogen-bond donors (Lipinski definition) is 12. The van der Waals surface area contributed by atoms with Crippen LogP contribution in [0.25, 0.3) is 10.8 Å². The molecule has 5 aliphatic heterocycles. The van der Waals surface area contributed by atoms with Crippen LogP contribution in [0, 0.1) is 12.8 Å². The molecule has 5 saturated heterocycles. The topological polar surface area (TPSA) is 378 Å². The van der Waals surface area contributed by atoms with Crippen LogP contribution in [0.2, 0.25) is 0 Å². The van der Waals surface area contributed by atoms with E-state index >= 15 is 0 Å². The van der Waals surface area contributed by atoms with Gasteiger partial charge in [0.1, 0.15) is 66.1 Å². The Balaban J connectivity index is 1.04. The van der Waals surface area contributed by atoms with Crippen molar-refractivity contribution in [2.75, 3.05) is 7.11 Å². The average molecular weight is 1090 g/mol. The minimum Gasteiger partial charge on any atom is -0.507 e. The van der Waals surface area contributed by atoms with Gasteiger partial charge in [-0.05, 0) is 78.0 Å². The highest BCUT2D eigenvalue weighted by Crippen LogP contribution is 2.47. The van der Waals surface area contributed by atoms with Crippen molar-refractivity contribution in [3.63, 3.8) is 0 Å². The average Bonchev–Trinajstić information content (AvgIpc) is 3.38. The van der Waals surface area contributed by atoms with Gasteiger partial charge in [-0.3, -0.25) is 9.59 Å². The highest BCUT2D eigenvalue weighted by atomic mass is 16.8. The molecular formula is C51H74O25. The molecule has 76 heavy (non-hydrogen) atoms. The fourth-order valence-corrected chi connectivity index (χ4v) is 11.1. The van der Waals surface area contributed by atoms with Gasteiger partial charge in [0.2, 0.25) is 6.29 Å². The number of ether oxygens (including phenoxy) is 11. The molecule has 25 nitrogen and oxygen atoms in total. The zero-order valence-electron chi connectivity index (χ0n) is 43.4. The maximum absolute atomic E-state index is 15.0.